The van der Waals surface area contributed by atoms with E-state index in [0.29, 0.717) is 6.10 Å². The van der Waals surface area contributed by atoms with Crippen LogP contribution in [0.3, 0.4) is 0 Å². The Morgan fingerprint density at radius 1 is 1.11 bits per heavy atom. The number of piperidine rings is 1. The topological polar surface area (TPSA) is 24.5 Å². The lowest BCUT2D eigenvalue weighted by molar-refractivity contribution is -0.0115. The number of hydrogen-bond donors (Lipinski definition) is 1. The molecular formula is C15H28N2O. The van der Waals surface area contributed by atoms with Crippen LogP contribution in [0.4, 0.5) is 0 Å². The molecule has 3 aliphatic rings. The van der Waals surface area contributed by atoms with Crippen molar-refractivity contribution in [2.75, 3.05) is 20.2 Å². The summed E-state index contributed by atoms with van der Waals surface area (Å²) in [7, 11) is 2.32. The summed E-state index contributed by atoms with van der Waals surface area (Å²) in [5, 5.41) is 3.76. The van der Waals surface area contributed by atoms with Gasteiger partial charge in [-0.1, -0.05) is 0 Å². The maximum atomic E-state index is 5.61. The normalized spacial score (nSPS) is 44.0. The van der Waals surface area contributed by atoms with Gasteiger partial charge in [-0.05, 0) is 65.0 Å². The van der Waals surface area contributed by atoms with E-state index in [1.165, 1.54) is 45.1 Å². The van der Waals surface area contributed by atoms with Crippen molar-refractivity contribution in [3.63, 3.8) is 0 Å². The van der Waals surface area contributed by atoms with E-state index in [1.807, 2.05) is 0 Å². The van der Waals surface area contributed by atoms with E-state index in [-0.39, 0.29) is 0 Å². The van der Waals surface area contributed by atoms with Gasteiger partial charge in [0.25, 0.3) is 0 Å². The Kier molecular flexibility index (Phi) is 3.92. The molecule has 0 radical (unpaired) electrons. The van der Waals surface area contributed by atoms with Gasteiger partial charge in [0.15, 0.2) is 0 Å². The molecule has 2 aliphatic heterocycles. The molecule has 1 N–H and O–H groups in total. The van der Waals surface area contributed by atoms with Gasteiger partial charge in [-0.25, -0.2) is 0 Å². The van der Waals surface area contributed by atoms with Crippen LogP contribution < -0.4 is 5.32 Å². The maximum Gasteiger partial charge on any atom is 0.0604 e. The fraction of sp³-hybridized carbons (Fsp3) is 1.00. The molecule has 3 nitrogen and oxygen atoms in total. The molecule has 18 heavy (non-hydrogen) atoms. The van der Waals surface area contributed by atoms with Crippen LogP contribution in [0.25, 0.3) is 0 Å². The Morgan fingerprint density at radius 3 is 2.39 bits per heavy atom. The van der Waals surface area contributed by atoms with Crippen molar-refractivity contribution < 1.29 is 4.74 Å². The summed E-state index contributed by atoms with van der Waals surface area (Å²) < 4.78 is 5.61. The summed E-state index contributed by atoms with van der Waals surface area (Å²) in [6, 6.07) is 2.50. The Balaban J connectivity index is 1.35. The maximum absolute atomic E-state index is 5.61. The number of ether oxygens (including phenoxy) is 1. The summed E-state index contributed by atoms with van der Waals surface area (Å²) in [6.45, 7) is 4.20. The van der Waals surface area contributed by atoms with Crippen molar-refractivity contribution in [3.05, 3.63) is 0 Å². The van der Waals surface area contributed by atoms with Crippen LogP contribution in [0.2, 0.25) is 0 Å². The standard InChI is InChI=1S/C15H28N2O/c1-3-18-15-8-12(9-15)16-10-11-6-13-4-5-14(7-11)17(13)2/h11-16H,3-10H2,1-2H3. The van der Waals surface area contributed by atoms with E-state index in [1.54, 1.807) is 0 Å². The van der Waals surface area contributed by atoms with E-state index in [9.17, 15) is 0 Å². The van der Waals surface area contributed by atoms with Crippen LogP contribution in [0.5, 0.6) is 0 Å². The number of nitrogens with one attached hydrogen (secondary N) is 1. The lowest BCUT2D eigenvalue weighted by atomic mass is 9.87. The highest BCUT2D eigenvalue weighted by Gasteiger charge is 2.38. The monoisotopic (exact) mass is 252 g/mol. The molecule has 104 valence electrons. The van der Waals surface area contributed by atoms with Crippen LogP contribution in [0.1, 0.15) is 45.4 Å². The molecule has 0 spiro atoms. The molecule has 1 saturated carbocycles. The minimum Gasteiger partial charge on any atom is -0.378 e. The Labute approximate surface area is 111 Å². The Bertz CT molecular complexity index is 264. The quantitative estimate of drug-likeness (QED) is 0.810. The number of fused-ring (bicyclic) bond motifs is 2. The molecule has 2 atom stereocenters. The van der Waals surface area contributed by atoms with Gasteiger partial charge in [0.2, 0.25) is 0 Å². The van der Waals surface area contributed by atoms with Gasteiger partial charge in [0.1, 0.15) is 0 Å². The van der Waals surface area contributed by atoms with Gasteiger partial charge < -0.3 is 15.0 Å². The molecule has 0 aromatic heterocycles. The fourth-order valence-corrected chi connectivity index (χ4v) is 4.13. The lowest BCUT2D eigenvalue weighted by Gasteiger charge is -2.39. The summed E-state index contributed by atoms with van der Waals surface area (Å²) in [5.74, 6) is 0.921. The van der Waals surface area contributed by atoms with Gasteiger partial charge >= 0.3 is 0 Å². The Morgan fingerprint density at radius 2 is 1.78 bits per heavy atom. The second-order valence-corrected chi connectivity index (χ2v) is 6.54. The second kappa shape index (κ2) is 5.48. The van der Waals surface area contributed by atoms with Gasteiger partial charge in [-0.2, -0.15) is 0 Å². The van der Waals surface area contributed by atoms with Gasteiger partial charge in [-0.15, -0.1) is 0 Å². The zero-order valence-electron chi connectivity index (χ0n) is 11.9. The number of nitrogens with zero attached hydrogens (tertiary/aromatic N) is 1. The van der Waals surface area contributed by atoms with Crippen LogP contribution in [-0.2, 0) is 4.74 Å². The first-order chi connectivity index (χ1) is 8.76. The molecule has 0 aromatic rings. The van der Waals surface area contributed by atoms with E-state index in [4.69, 9.17) is 4.74 Å². The molecule has 3 fully saturated rings. The third-order valence-corrected chi connectivity index (χ3v) is 5.39. The first-order valence-electron chi connectivity index (χ1n) is 7.83. The summed E-state index contributed by atoms with van der Waals surface area (Å²) >= 11 is 0. The molecule has 2 saturated heterocycles. The third-order valence-electron chi connectivity index (χ3n) is 5.39. The predicted octanol–water partition coefficient (Wildman–Crippen LogP) is 2.02. The Hall–Kier alpha value is -0.120. The number of rotatable bonds is 5. The summed E-state index contributed by atoms with van der Waals surface area (Å²) in [5.41, 5.74) is 0. The molecule has 2 bridgehead atoms. The van der Waals surface area contributed by atoms with Crippen LogP contribution in [-0.4, -0.2) is 49.3 Å². The van der Waals surface area contributed by atoms with Crippen molar-refractivity contribution in [2.24, 2.45) is 5.92 Å². The highest BCUT2D eigenvalue weighted by atomic mass is 16.5. The minimum atomic E-state index is 0.543. The highest BCUT2D eigenvalue weighted by molar-refractivity contribution is 4.95. The van der Waals surface area contributed by atoms with Gasteiger partial charge in [-0.3, -0.25) is 0 Å². The molecule has 2 unspecified atom stereocenters. The van der Waals surface area contributed by atoms with Crippen LogP contribution >= 0.6 is 0 Å². The summed E-state index contributed by atoms with van der Waals surface area (Å²) in [6.07, 6.45) is 8.71. The van der Waals surface area contributed by atoms with Crippen molar-refractivity contribution in [1.29, 1.82) is 0 Å². The molecule has 3 rings (SSSR count). The van der Waals surface area contributed by atoms with E-state index < -0.39 is 0 Å². The zero-order valence-corrected chi connectivity index (χ0v) is 11.9. The average molecular weight is 252 g/mol. The van der Waals surface area contributed by atoms with Crippen molar-refractivity contribution in [2.45, 2.75) is 69.7 Å². The van der Waals surface area contributed by atoms with Gasteiger partial charge in [0, 0.05) is 24.7 Å². The zero-order chi connectivity index (χ0) is 12.5. The third kappa shape index (κ3) is 2.59. The van der Waals surface area contributed by atoms with Gasteiger partial charge in [0.05, 0.1) is 6.10 Å². The fourth-order valence-electron chi connectivity index (χ4n) is 4.13. The van der Waals surface area contributed by atoms with E-state index in [0.717, 1.165) is 30.7 Å². The second-order valence-electron chi connectivity index (χ2n) is 6.54. The predicted molar refractivity (Wildman–Crippen MR) is 73.7 cm³/mol. The molecule has 1 aliphatic carbocycles. The van der Waals surface area contributed by atoms with Crippen molar-refractivity contribution in [1.82, 2.24) is 10.2 Å². The lowest BCUT2D eigenvalue weighted by Crippen LogP contribution is -2.49. The van der Waals surface area contributed by atoms with Crippen molar-refractivity contribution >= 4 is 0 Å². The average Bonchev–Trinajstić information content (AvgIpc) is 2.55. The molecule has 0 amide bonds. The first kappa shape index (κ1) is 12.9. The molecule has 0 aromatic carbocycles. The first-order valence-corrected chi connectivity index (χ1v) is 7.83. The number of hydrogen-bond acceptors (Lipinski definition) is 3. The van der Waals surface area contributed by atoms with E-state index >= 15 is 0 Å². The largest absolute Gasteiger partial charge is 0.378 e. The van der Waals surface area contributed by atoms with E-state index in [2.05, 4.69) is 24.2 Å². The molecule has 2 heterocycles. The molecule has 3 heteroatoms. The minimum absolute atomic E-state index is 0.543. The SMILES string of the molecule is CCOC1CC(NCC2CC3CCC(C2)N3C)C1. The van der Waals surface area contributed by atoms with Crippen LogP contribution in [0, 0.1) is 5.92 Å². The molecular weight excluding hydrogens is 224 g/mol. The summed E-state index contributed by atoms with van der Waals surface area (Å²) in [4.78, 5) is 2.63. The van der Waals surface area contributed by atoms with Crippen LogP contribution in [0.15, 0.2) is 0 Å². The smallest absolute Gasteiger partial charge is 0.0604 e. The highest BCUT2D eigenvalue weighted by Crippen LogP contribution is 2.37. The van der Waals surface area contributed by atoms with Crippen molar-refractivity contribution in [3.8, 4) is 0 Å².